The molecule has 0 aliphatic rings. The molecular weight excluding hydrogens is 268 g/mol. The van der Waals surface area contributed by atoms with Gasteiger partial charge in [0.05, 0.1) is 4.34 Å². The molecule has 68 valence electrons. The third kappa shape index (κ3) is 1.63. The standard InChI is InChI=1S/C10H8BrClS/c1-2-6-3-4-8(11)7-5-9(12)13-10(6)7/h3-5H,2H2,1H3. The third-order valence-corrected chi connectivity index (χ3v) is 4.09. The fourth-order valence-corrected chi connectivity index (χ4v) is 3.31. The van der Waals surface area contributed by atoms with Gasteiger partial charge in [-0.25, -0.2) is 0 Å². The third-order valence-electron chi connectivity index (χ3n) is 2.06. The van der Waals surface area contributed by atoms with Crippen LogP contribution in [0.25, 0.3) is 10.1 Å². The summed E-state index contributed by atoms with van der Waals surface area (Å²) in [7, 11) is 0. The van der Waals surface area contributed by atoms with E-state index in [1.165, 1.54) is 15.6 Å². The van der Waals surface area contributed by atoms with Gasteiger partial charge in [-0.1, -0.05) is 40.5 Å². The van der Waals surface area contributed by atoms with E-state index in [2.05, 4.69) is 35.0 Å². The Labute approximate surface area is 94.7 Å². The first-order valence-corrected chi connectivity index (χ1v) is 6.07. The Kier molecular flexibility index (Phi) is 2.63. The van der Waals surface area contributed by atoms with Crippen LogP contribution in [-0.2, 0) is 6.42 Å². The number of halogens is 2. The number of aryl methyl sites for hydroxylation is 1. The first-order valence-electron chi connectivity index (χ1n) is 4.08. The predicted octanol–water partition coefficient (Wildman–Crippen LogP) is 4.88. The second-order valence-corrected chi connectivity index (χ2v) is 5.39. The maximum absolute atomic E-state index is 5.98. The fourth-order valence-electron chi connectivity index (χ4n) is 1.39. The van der Waals surface area contributed by atoms with Crippen LogP contribution < -0.4 is 0 Å². The van der Waals surface area contributed by atoms with Gasteiger partial charge < -0.3 is 0 Å². The van der Waals surface area contributed by atoms with Crippen molar-refractivity contribution in [2.75, 3.05) is 0 Å². The summed E-state index contributed by atoms with van der Waals surface area (Å²) in [6, 6.07) is 6.26. The van der Waals surface area contributed by atoms with Crippen molar-refractivity contribution < 1.29 is 0 Å². The van der Waals surface area contributed by atoms with Gasteiger partial charge in [0.2, 0.25) is 0 Å². The van der Waals surface area contributed by atoms with E-state index >= 15 is 0 Å². The van der Waals surface area contributed by atoms with Gasteiger partial charge in [0, 0.05) is 14.6 Å². The normalized spacial score (nSPS) is 11.0. The summed E-state index contributed by atoms with van der Waals surface area (Å²) in [5.74, 6) is 0. The molecule has 1 aromatic carbocycles. The summed E-state index contributed by atoms with van der Waals surface area (Å²) in [6.45, 7) is 2.16. The second-order valence-electron chi connectivity index (χ2n) is 2.85. The van der Waals surface area contributed by atoms with Crippen LogP contribution in [0.1, 0.15) is 12.5 Å². The zero-order valence-corrected chi connectivity index (χ0v) is 10.3. The Morgan fingerprint density at radius 2 is 2.23 bits per heavy atom. The lowest BCUT2D eigenvalue weighted by Gasteiger charge is -1.99. The van der Waals surface area contributed by atoms with Crippen LogP contribution in [0.4, 0.5) is 0 Å². The van der Waals surface area contributed by atoms with E-state index < -0.39 is 0 Å². The Balaban J connectivity index is 2.83. The number of fused-ring (bicyclic) bond motifs is 1. The van der Waals surface area contributed by atoms with E-state index in [9.17, 15) is 0 Å². The van der Waals surface area contributed by atoms with Gasteiger partial charge in [-0.05, 0) is 24.1 Å². The Bertz CT molecular complexity index is 447. The molecule has 0 aliphatic carbocycles. The molecule has 0 N–H and O–H groups in total. The molecule has 2 rings (SSSR count). The molecule has 0 spiro atoms. The van der Waals surface area contributed by atoms with Crippen molar-refractivity contribution in [1.82, 2.24) is 0 Å². The highest BCUT2D eigenvalue weighted by molar-refractivity contribution is 9.10. The second kappa shape index (κ2) is 3.60. The minimum absolute atomic E-state index is 0.858. The monoisotopic (exact) mass is 274 g/mol. The van der Waals surface area contributed by atoms with E-state index in [-0.39, 0.29) is 0 Å². The van der Waals surface area contributed by atoms with Gasteiger partial charge in [-0.3, -0.25) is 0 Å². The van der Waals surface area contributed by atoms with Crippen LogP contribution in [0.3, 0.4) is 0 Å². The van der Waals surface area contributed by atoms with Crippen molar-refractivity contribution in [3.8, 4) is 0 Å². The van der Waals surface area contributed by atoms with Crippen molar-refractivity contribution in [3.63, 3.8) is 0 Å². The van der Waals surface area contributed by atoms with Crippen LogP contribution >= 0.6 is 38.9 Å². The molecule has 0 fully saturated rings. The van der Waals surface area contributed by atoms with Crippen LogP contribution in [0.5, 0.6) is 0 Å². The highest BCUT2D eigenvalue weighted by atomic mass is 79.9. The van der Waals surface area contributed by atoms with Crippen LogP contribution in [0.15, 0.2) is 22.7 Å². The van der Waals surface area contributed by atoms with Crippen molar-refractivity contribution in [2.24, 2.45) is 0 Å². The SMILES string of the molecule is CCc1ccc(Br)c2cc(Cl)sc12. The first kappa shape index (κ1) is 9.50. The van der Waals surface area contributed by atoms with Crippen LogP contribution in [0, 0.1) is 0 Å². The molecule has 0 saturated heterocycles. The smallest absolute Gasteiger partial charge is 0.0941 e. The molecular formula is C10H8BrClS. The van der Waals surface area contributed by atoms with Crippen LogP contribution in [-0.4, -0.2) is 0 Å². The largest absolute Gasteiger partial charge is 0.123 e. The van der Waals surface area contributed by atoms with Crippen LogP contribution in [0.2, 0.25) is 4.34 Å². The van der Waals surface area contributed by atoms with Gasteiger partial charge in [0.1, 0.15) is 0 Å². The average molecular weight is 276 g/mol. The molecule has 0 unspecified atom stereocenters. The summed E-state index contributed by atoms with van der Waals surface area (Å²) >= 11 is 11.2. The highest BCUT2D eigenvalue weighted by Gasteiger charge is 2.06. The van der Waals surface area contributed by atoms with Gasteiger partial charge in [-0.15, -0.1) is 11.3 Å². The van der Waals surface area contributed by atoms with Crippen molar-refractivity contribution in [3.05, 3.63) is 32.6 Å². The fraction of sp³-hybridized carbons (Fsp3) is 0.200. The Hall–Kier alpha value is -0.0500. The Morgan fingerprint density at radius 3 is 2.92 bits per heavy atom. The predicted molar refractivity (Wildman–Crippen MR) is 63.9 cm³/mol. The number of benzene rings is 1. The topological polar surface area (TPSA) is 0 Å². The number of rotatable bonds is 1. The molecule has 13 heavy (non-hydrogen) atoms. The first-order chi connectivity index (χ1) is 6.22. The zero-order valence-electron chi connectivity index (χ0n) is 7.10. The molecule has 0 saturated carbocycles. The lowest BCUT2D eigenvalue weighted by atomic mass is 10.1. The highest BCUT2D eigenvalue weighted by Crippen LogP contribution is 2.36. The number of hydrogen-bond acceptors (Lipinski definition) is 1. The molecule has 3 heteroatoms. The summed E-state index contributed by atoms with van der Waals surface area (Å²) in [5.41, 5.74) is 1.37. The van der Waals surface area contributed by atoms with Gasteiger partial charge in [0.25, 0.3) is 0 Å². The molecule has 0 radical (unpaired) electrons. The van der Waals surface area contributed by atoms with E-state index in [0.29, 0.717) is 0 Å². The van der Waals surface area contributed by atoms with E-state index in [4.69, 9.17) is 11.6 Å². The lowest BCUT2D eigenvalue weighted by molar-refractivity contribution is 1.16. The zero-order chi connectivity index (χ0) is 9.42. The summed E-state index contributed by atoms with van der Waals surface area (Å²) in [4.78, 5) is 0. The van der Waals surface area contributed by atoms with E-state index in [0.717, 1.165) is 15.2 Å². The molecule has 0 bridgehead atoms. The van der Waals surface area contributed by atoms with Crippen molar-refractivity contribution >= 4 is 49.0 Å². The molecule has 2 aromatic rings. The maximum atomic E-state index is 5.98. The van der Waals surface area contributed by atoms with Gasteiger partial charge >= 0.3 is 0 Å². The molecule has 0 amide bonds. The summed E-state index contributed by atoms with van der Waals surface area (Å²) < 4.78 is 3.29. The Morgan fingerprint density at radius 1 is 1.46 bits per heavy atom. The molecule has 0 atom stereocenters. The van der Waals surface area contributed by atoms with Crippen molar-refractivity contribution in [2.45, 2.75) is 13.3 Å². The van der Waals surface area contributed by atoms with Gasteiger partial charge in [0.15, 0.2) is 0 Å². The summed E-state index contributed by atoms with van der Waals surface area (Å²) in [6.07, 6.45) is 1.06. The molecule has 1 heterocycles. The lowest BCUT2D eigenvalue weighted by Crippen LogP contribution is -1.79. The maximum Gasteiger partial charge on any atom is 0.0941 e. The number of thiophene rings is 1. The minimum atomic E-state index is 0.858. The molecule has 1 aromatic heterocycles. The molecule has 0 aliphatic heterocycles. The van der Waals surface area contributed by atoms with E-state index in [1.54, 1.807) is 11.3 Å². The van der Waals surface area contributed by atoms with Gasteiger partial charge in [-0.2, -0.15) is 0 Å². The average Bonchev–Trinajstić information content (AvgIpc) is 2.48. The van der Waals surface area contributed by atoms with E-state index in [1.807, 2.05) is 6.07 Å². The minimum Gasteiger partial charge on any atom is -0.123 e. The van der Waals surface area contributed by atoms with Crippen molar-refractivity contribution in [1.29, 1.82) is 0 Å². The summed E-state index contributed by atoms with van der Waals surface area (Å²) in [5, 5.41) is 1.23. The quantitative estimate of drug-likeness (QED) is 0.696. The number of hydrogen-bond donors (Lipinski definition) is 0. The molecule has 0 nitrogen and oxygen atoms in total.